The van der Waals surface area contributed by atoms with Gasteiger partial charge in [-0.2, -0.15) is 0 Å². The van der Waals surface area contributed by atoms with Crippen molar-refractivity contribution < 1.29 is 19.2 Å². The van der Waals surface area contributed by atoms with Crippen molar-refractivity contribution >= 4 is 29.3 Å². The summed E-state index contributed by atoms with van der Waals surface area (Å²) >= 11 is 0. The molecule has 2 aromatic rings. The molecule has 1 aliphatic heterocycles. The number of rotatable bonds is 8. The van der Waals surface area contributed by atoms with Crippen LogP contribution < -0.4 is 16.0 Å². The largest absolute Gasteiger partial charge is 0.348 e. The van der Waals surface area contributed by atoms with Gasteiger partial charge < -0.3 is 20.9 Å². The van der Waals surface area contributed by atoms with Gasteiger partial charge in [-0.25, -0.2) is 0 Å². The Labute approximate surface area is 198 Å². The van der Waals surface area contributed by atoms with Crippen molar-refractivity contribution in [3.05, 3.63) is 65.2 Å². The van der Waals surface area contributed by atoms with Gasteiger partial charge in [-0.05, 0) is 61.9 Å². The highest BCUT2D eigenvalue weighted by atomic mass is 16.2. The van der Waals surface area contributed by atoms with Gasteiger partial charge in [0.05, 0.1) is 12.6 Å². The molecule has 0 unspecified atom stereocenters. The molecule has 8 heteroatoms. The molecule has 0 saturated heterocycles. The maximum atomic E-state index is 13.0. The van der Waals surface area contributed by atoms with E-state index in [0.29, 0.717) is 11.1 Å². The van der Waals surface area contributed by atoms with Gasteiger partial charge in [0, 0.05) is 23.2 Å². The number of nitrogens with zero attached hydrogens (tertiary/aromatic N) is 1. The van der Waals surface area contributed by atoms with Gasteiger partial charge in [0.25, 0.3) is 5.91 Å². The minimum Gasteiger partial charge on any atom is -0.348 e. The number of benzene rings is 2. The fourth-order valence-corrected chi connectivity index (χ4v) is 4.42. The van der Waals surface area contributed by atoms with E-state index in [9.17, 15) is 19.2 Å². The average molecular weight is 461 g/mol. The first-order chi connectivity index (χ1) is 16.4. The maximum absolute atomic E-state index is 13.0. The third kappa shape index (κ3) is 4.53. The van der Waals surface area contributed by atoms with E-state index < -0.39 is 6.04 Å². The van der Waals surface area contributed by atoms with Crippen molar-refractivity contribution in [2.24, 2.45) is 5.92 Å². The van der Waals surface area contributed by atoms with Gasteiger partial charge in [-0.1, -0.05) is 30.3 Å². The smallest absolute Gasteiger partial charge is 0.255 e. The van der Waals surface area contributed by atoms with E-state index in [-0.39, 0.29) is 48.2 Å². The molecule has 2 aliphatic carbocycles. The lowest BCUT2D eigenvalue weighted by Crippen LogP contribution is -2.44. The standard InChI is InChI=1S/C26H28N4O4/c1-15(16-8-10-18(11-9-16)29-24(32)17-6-7-17)28-22(31)14-27-25(33)23-20-4-2-3-5-21(20)26(34)30(23)19-12-13-19/h2-5,8-11,15,17,19,23H,6-7,12-14H2,1H3,(H,27,33)(H,28,31)(H,29,32)/t15-,23-/m0/s1. The van der Waals surface area contributed by atoms with Crippen molar-refractivity contribution in [3.8, 4) is 0 Å². The minimum absolute atomic E-state index is 0.0525. The van der Waals surface area contributed by atoms with Crippen LogP contribution in [0.2, 0.25) is 0 Å². The molecule has 2 atom stereocenters. The number of hydrogen-bond donors (Lipinski definition) is 3. The van der Waals surface area contributed by atoms with Crippen LogP contribution in [0.3, 0.4) is 0 Å². The van der Waals surface area contributed by atoms with Gasteiger partial charge >= 0.3 is 0 Å². The van der Waals surface area contributed by atoms with Gasteiger partial charge in [-0.15, -0.1) is 0 Å². The molecule has 3 aliphatic rings. The molecule has 0 aromatic heterocycles. The molecule has 0 radical (unpaired) electrons. The van der Waals surface area contributed by atoms with E-state index in [1.807, 2.05) is 37.3 Å². The predicted octanol–water partition coefficient (Wildman–Crippen LogP) is 2.69. The van der Waals surface area contributed by atoms with E-state index >= 15 is 0 Å². The first kappa shape index (κ1) is 22.1. The Balaban J connectivity index is 1.15. The van der Waals surface area contributed by atoms with Crippen LogP contribution in [0, 0.1) is 5.92 Å². The lowest BCUT2D eigenvalue weighted by Gasteiger charge is -2.24. The van der Waals surface area contributed by atoms with E-state index in [0.717, 1.165) is 36.9 Å². The van der Waals surface area contributed by atoms with E-state index in [1.54, 1.807) is 23.1 Å². The van der Waals surface area contributed by atoms with Crippen molar-refractivity contribution in [1.29, 1.82) is 0 Å². The third-order valence-corrected chi connectivity index (χ3v) is 6.61. The summed E-state index contributed by atoms with van der Waals surface area (Å²) in [7, 11) is 0. The maximum Gasteiger partial charge on any atom is 0.255 e. The van der Waals surface area contributed by atoms with E-state index in [4.69, 9.17) is 0 Å². The number of nitrogens with one attached hydrogen (secondary N) is 3. The van der Waals surface area contributed by atoms with Crippen molar-refractivity contribution in [3.63, 3.8) is 0 Å². The molecule has 5 rings (SSSR count). The second-order valence-electron chi connectivity index (χ2n) is 9.33. The van der Waals surface area contributed by atoms with Crippen LogP contribution in [-0.2, 0) is 14.4 Å². The predicted molar refractivity (Wildman–Crippen MR) is 126 cm³/mol. The van der Waals surface area contributed by atoms with Crippen LogP contribution in [0.1, 0.15) is 66.2 Å². The number of carbonyl (C=O) groups is 4. The lowest BCUT2D eigenvalue weighted by atomic mass is 10.0. The summed E-state index contributed by atoms with van der Waals surface area (Å²) in [4.78, 5) is 51.9. The summed E-state index contributed by atoms with van der Waals surface area (Å²) < 4.78 is 0. The molecule has 3 N–H and O–H groups in total. The first-order valence-electron chi connectivity index (χ1n) is 11.8. The minimum atomic E-state index is -0.695. The average Bonchev–Trinajstić information content (AvgIpc) is 3.75. The molecule has 1 heterocycles. The fraction of sp³-hybridized carbons (Fsp3) is 0.385. The monoisotopic (exact) mass is 460 g/mol. The van der Waals surface area contributed by atoms with E-state index in [1.165, 1.54) is 0 Å². The van der Waals surface area contributed by atoms with Crippen molar-refractivity contribution in [1.82, 2.24) is 15.5 Å². The number of amides is 4. The Morgan fingerprint density at radius 2 is 1.68 bits per heavy atom. The number of carbonyl (C=O) groups excluding carboxylic acids is 4. The number of anilines is 1. The molecular formula is C26H28N4O4. The molecule has 2 saturated carbocycles. The van der Waals surface area contributed by atoms with Crippen LogP contribution in [0.15, 0.2) is 48.5 Å². The summed E-state index contributed by atoms with van der Waals surface area (Å²) in [5.41, 5.74) is 2.88. The summed E-state index contributed by atoms with van der Waals surface area (Å²) in [6.07, 6.45) is 3.69. The Morgan fingerprint density at radius 3 is 2.35 bits per heavy atom. The number of hydrogen-bond acceptors (Lipinski definition) is 4. The molecule has 0 bridgehead atoms. The molecule has 34 heavy (non-hydrogen) atoms. The topological polar surface area (TPSA) is 108 Å². The Kier molecular flexibility index (Phi) is 5.81. The molecule has 176 valence electrons. The SMILES string of the molecule is C[C@H](NC(=O)CNC(=O)[C@@H]1c2ccccc2C(=O)N1C1CC1)c1ccc(NC(=O)C2CC2)cc1. The van der Waals surface area contributed by atoms with E-state index in [2.05, 4.69) is 16.0 Å². The third-order valence-electron chi connectivity index (χ3n) is 6.61. The van der Waals surface area contributed by atoms with Crippen LogP contribution >= 0.6 is 0 Å². The molecule has 2 fully saturated rings. The molecule has 0 spiro atoms. The highest BCUT2D eigenvalue weighted by molar-refractivity contribution is 6.05. The second-order valence-corrected chi connectivity index (χ2v) is 9.33. The number of fused-ring (bicyclic) bond motifs is 1. The molecule has 4 amide bonds. The van der Waals surface area contributed by atoms with Gasteiger partial charge in [0.15, 0.2) is 0 Å². The molecule has 8 nitrogen and oxygen atoms in total. The highest BCUT2D eigenvalue weighted by Gasteiger charge is 2.47. The van der Waals surface area contributed by atoms with Crippen LogP contribution in [-0.4, -0.2) is 41.1 Å². The second kappa shape index (κ2) is 8.93. The van der Waals surface area contributed by atoms with Crippen molar-refractivity contribution in [2.75, 3.05) is 11.9 Å². The molecular weight excluding hydrogens is 432 g/mol. The summed E-state index contributed by atoms with van der Waals surface area (Å²) in [5, 5.41) is 8.49. The highest BCUT2D eigenvalue weighted by Crippen LogP contribution is 2.41. The molecule has 2 aromatic carbocycles. The normalized spacial score (nSPS) is 19.9. The zero-order chi connectivity index (χ0) is 23.8. The van der Waals surface area contributed by atoms with Crippen LogP contribution in [0.5, 0.6) is 0 Å². The Hall–Kier alpha value is -3.68. The quantitative estimate of drug-likeness (QED) is 0.563. The first-order valence-corrected chi connectivity index (χ1v) is 11.8. The fourth-order valence-electron chi connectivity index (χ4n) is 4.42. The van der Waals surface area contributed by atoms with Crippen molar-refractivity contribution in [2.45, 2.75) is 50.7 Å². The van der Waals surface area contributed by atoms with Crippen LogP contribution in [0.4, 0.5) is 5.69 Å². The Bertz CT molecular complexity index is 1140. The zero-order valence-corrected chi connectivity index (χ0v) is 19.0. The van der Waals surface area contributed by atoms with Gasteiger partial charge in [0.1, 0.15) is 6.04 Å². The Morgan fingerprint density at radius 1 is 0.971 bits per heavy atom. The lowest BCUT2D eigenvalue weighted by molar-refractivity contribution is -0.129. The summed E-state index contributed by atoms with van der Waals surface area (Å²) in [5.74, 6) is -0.587. The van der Waals surface area contributed by atoms with Crippen LogP contribution in [0.25, 0.3) is 0 Å². The summed E-state index contributed by atoms with van der Waals surface area (Å²) in [6.45, 7) is 1.68. The van der Waals surface area contributed by atoms with Gasteiger partial charge in [0.2, 0.25) is 17.7 Å². The summed E-state index contributed by atoms with van der Waals surface area (Å²) in [6, 6.07) is 13.7. The van der Waals surface area contributed by atoms with Gasteiger partial charge in [-0.3, -0.25) is 19.2 Å². The zero-order valence-electron chi connectivity index (χ0n) is 19.0.